The first-order valence-corrected chi connectivity index (χ1v) is 36.4. The molecule has 3 aromatic heterocycles. The van der Waals surface area contributed by atoms with Crippen molar-refractivity contribution in [3.63, 3.8) is 0 Å². The van der Waals surface area contributed by atoms with Crippen molar-refractivity contribution in [1.29, 1.82) is 0 Å². The number of fused-ring (bicyclic) bond motifs is 4. The number of ketones is 1. The minimum atomic E-state index is -1.26. The van der Waals surface area contributed by atoms with E-state index in [2.05, 4.69) is 80.8 Å². The fraction of sp³-hybridized carbons (Fsp3) is 0.458. The number of benzene rings is 4. The van der Waals surface area contributed by atoms with Crippen molar-refractivity contribution in [3.05, 3.63) is 120 Å². The van der Waals surface area contributed by atoms with Crippen molar-refractivity contribution in [2.24, 2.45) is 16.8 Å². The molecule has 1 aliphatic heterocycles. The molecule has 0 radical (unpaired) electrons. The summed E-state index contributed by atoms with van der Waals surface area (Å²) in [7, 11) is 0.111. The topological polar surface area (TPSA) is 189 Å². The van der Waals surface area contributed by atoms with Crippen LogP contribution in [0.4, 0.5) is 0 Å². The fourth-order valence-corrected chi connectivity index (χ4v) is 11.6. The Morgan fingerprint density at radius 1 is 0.662 bits per heavy atom. The predicted octanol–water partition coefficient (Wildman–Crippen LogP) is 11.8. The minimum absolute atomic E-state index is 0.137. The molecule has 0 N–H and O–H groups in total. The van der Waals surface area contributed by atoms with Gasteiger partial charge in [0.25, 0.3) is 0 Å². The molecular formula is C59H71Br2N7O10Si2. The van der Waals surface area contributed by atoms with Crippen molar-refractivity contribution >= 4 is 104 Å². The van der Waals surface area contributed by atoms with E-state index in [1.54, 1.807) is 22.9 Å². The summed E-state index contributed by atoms with van der Waals surface area (Å²) in [5.74, 6) is 3.11. The maximum Gasteiger partial charge on any atom is 0.311 e. The summed E-state index contributed by atoms with van der Waals surface area (Å²) in [4.78, 5) is 65.0. The molecular weight excluding hydrogens is 1180 g/mol. The normalized spacial score (nSPS) is 15.4. The van der Waals surface area contributed by atoms with Gasteiger partial charge in [-0.3, -0.25) is 28.9 Å². The molecule has 17 nitrogen and oxygen atoms in total. The number of hydrogen-bond donors (Lipinski definition) is 0. The number of rotatable bonds is 24. The van der Waals surface area contributed by atoms with Gasteiger partial charge in [-0.2, -0.15) is 5.10 Å². The van der Waals surface area contributed by atoms with E-state index < -0.39 is 28.1 Å². The molecule has 2 fully saturated rings. The third-order valence-corrected chi connectivity index (χ3v) is 19.0. The first-order chi connectivity index (χ1) is 38.2. The minimum Gasteiger partial charge on any atom is -0.492 e. The Bertz CT molecular complexity index is 3520. The molecule has 1 unspecified atom stereocenters. The molecule has 0 spiro atoms. The molecule has 1 atom stereocenters. The summed E-state index contributed by atoms with van der Waals surface area (Å²) in [6.07, 6.45) is 4.94. The van der Waals surface area contributed by atoms with E-state index in [1.807, 2.05) is 59.2 Å². The molecule has 0 amide bonds. The molecule has 2 saturated carbocycles. The lowest BCUT2D eigenvalue weighted by molar-refractivity contribution is -0.140. The first-order valence-electron chi connectivity index (χ1n) is 27.4. The van der Waals surface area contributed by atoms with E-state index in [1.165, 1.54) is 39.9 Å². The second-order valence-electron chi connectivity index (χ2n) is 23.3. The molecule has 21 heteroatoms. The Kier molecular flexibility index (Phi) is 18.8. The number of esters is 2. The Morgan fingerprint density at radius 2 is 1.21 bits per heavy atom. The second kappa shape index (κ2) is 25.5. The van der Waals surface area contributed by atoms with Crippen LogP contribution in [0.25, 0.3) is 33.0 Å². The van der Waals surface area contributed by atoms with Gasteiger partial charge < -0.3 is 37.6 Å². The van der Waals surface area contributed by atoms with Gasteiger partial charge in [0.2, 0.25) is 11.2 Å². The number of ether oxygens (including phenoxy) is 6. The number of nitrogens with zero attached hydrogens (tertiary/aromatic N) is 7. The highest BCUT2D eigenvalue weighted by Crippen LogP contribution is 2.38. The van der Waals surface area contributed by atoms with Crippen molar-refractivity contribution < 1.29 is 42.8 Å². The van der Waals surface area contributed by atoms with Crippen LogP contribution in [0.5, 0.6) is 11.5 Å². The average Bonchev–Trinajstić information content (AvgIpc) is 4.43. The van der Waals surface area contributed by atoms with Gasteiger partial charge in [0, 0.05) is 58.9 Å². The largest absolute Gasteiger partial charge is 0.492 e. The van der Waals surface area contributed by atoms with Crippen LogP contribution in [0.15, 0.2) is 91.5 Å². The zero-order chi connectivity index (χ0) is 56.9. The van der Waals surface area contributed by atoms with Crippen LogP contribution in [-0.2, 0) is 61.4 Å². The summed E-state index contributed by atoms with van der Waals surface area (Å²) < 4.78 is 41.8. The molecule has 0 bridgehead atoms. The highest BCUT2D eigenvalue weighted by Gasteiger charge is 2.32. The summed E-state index contributed by atoms with van der Waals surface area (Å²) in [6.45, 7) is 17.7. The number of carbonyl (C=O) groups is 3. The van der Waals surface area contributed by atoms with E-state index in [4.69, 9.17) is 43.4 Å². The Morgan fingerprint density at radius 3 is 1.85 bits per heavy atom. The molecule has 3 aliphatic rings. The van der Waals surface area contributed by atoms with E-state index in [0.717, 1.165) is 71.8 Å². The number of hydrogen-bond acceptors (Lipinski definition) is 14. The summed E-state index contributed by atoms with van der Waals surface area (Å²) >= 11 is 7.36. The quantitative estimate of drug-likeness (QED) is 0.0316. The maximum absolute atomic E-state index is 13.1. The van der Waals surface area contributed by atoms with Crippen LogP contribution >= 0.6 is 31.9 Å². The van der Waals surface area contributed by atoms with Crippen molar-refractivity contribution in [3.8, 4) is 11.5 Å². The molecule has 10 rings (SSSR count). The number of aliphatic imine (C=N–C) groups is 1. The molecule has 4 heterocycles. The van der Waals surface area contributed by atoms with Crippen molar-refractivity contribution in [1.82, 2.24) is 28.9 Å². The number of para-hydroxylation sites is 1. The highest BCUT2D eigenvalue weighted by molar-refractivity contribution is 9.11. The Hall–Kier alpha value is -5.85. The zero-order valence-corrected chi connectivity index (χ0v) is 52.1. The summed E-state index contributed by atoms with van der Waals surface area (Å²) in [5, 5.41) is 5.09. The van der Waals surface area contributed by atoms with Crippen molar-refractivity contribution in [2.75, 3.05) is 40.6 Å². The van der Waals surface area contributed by atoms with E-state index in [9.17, 15) is 19.2 Å². The molecule has 4 aromatic carbocycles. The Balaban J connectivity index is 0.000000194. The third-order valence-electron chi connectivity index (χ3n) is 14.4. The van der Waals surface area contributed by atoms with Gasteiger partial charge in [0.1, 0.15) is 42.3 Å². The van der Waals surface area contributed by atoms with Crippen LogP contribution in [0, 0.1) is 11.8 Å². The fourth-order valence-electron chi connectivity index (χ4n) is 9.19. The number of methoxy groups -OCH3 is 2. The number of carbonyl (C=O) groups excluding carboxylic acids is 3. The van der Waals surface area contributed by atoms with Crippen LogP contribution in [0.1, 0.15) is 71.4 Å². The summed E-state index contributed by atoms with van der Waals surface area (Å²) in [5.41, 5.74) is 5.58. The molecule has 7 aromatic rings. The molecule has 80 heavy (non-hydrogen) atoms. The molecule has 2 aliphatic carbocycles. The highest BCUT2D eigenvalue weighted by atomic mass is 79.9. The van der Waals surface area contributed by atoms with Gasteiger partial charge in [0.15, 0.2) is 0 Å². The monoisotopic (exact) mass is 1250 g/mol. The SMILES string of the molecule is COC(=O)CC1=NC(Cc2nc3cc(OCC4CC4)c(Br)cc3n2COCC[Si](C)(C)C)c2ccccc2C1=O.COC(=O)Cc1nn(Cc2nc3cc(Br)c(OCC4CC4)cc3n2COCC[Si](C)(C)C)c2ccccc2c1=O. The van der Waals surface area contributed by atoms with Gasteiger partial charge >= 0.3 is 11.9 Å². The van der Waals surface area contributed by atoms with Crippen LogP contribution in [0.2, 0.25) is 51.4 Å². The zero-order valence-electron chi connectivity index (χ0n) is 46.9. The van der Waals surface area contributed by atoms with Gasteiger partial charge in [-0.1, -0.05) is 75.7 Å². The van der Waals surface area contributed by atoms with Crippen molar-refractivity contribution in [2.45, 2.75) is 122 Å². The lowest BCUT2D eigenvalue weighted by atomic mass is 9.89. The van der Waals surface area contributed by atoms with Crippen LogP contribution in [-0.4, -0.2) is 109 Å². The van der Waals surface area contributed by atoms with E-state index in [-0.39, 0.29) is 48.0 Å². The van der Waals surface area contributed by atoms with E-state index >= 15 is 0 Å². The number of halogens is 2. The van der Waals surface area contributed by atoms with Crippen LogP contribution < -0.4 is 14.9 Å². The van der Waals surface area contributed by atoms with E-state index in [0.29, 0.717) is 74.6 Å². The molecule has 0 saturated heterocycles. The lowest BCUT2D eigenvalue weighted by Gasteiger charge is -2.23. The number of imidazole rings is 2. The second-order valence-corrected chi connectivity index (χ2v) is 36.3. The molecule has 424 valence electrons. The summed E-state index contributed by atoms with van der Waals surface area (Å²) in [6, 6.07) is 24.5. The third kappa shape index (κ3) is 15.0. The van der Waals surface area contributed by atoms with Crippen LogP contribution in [0.3, 0.4) is 0 Å². The number of Topliss-reactive ketones (excluding diaryl/α,β-unsaturated/α-hetero) is 1. The average molecular weight is 1250 g/mol. The number of aromatic nitrogens is 6. The van der Waals surface area contributed by atoms with Gasteiger partial charge in [-0.05, 0) is 111 Å². The first kappa shape index (κ1) is 58.8. The van der Waals surface area contributed by atoms with Gasteiger partial charge in [0.05, 0.1) is 95.1 Å². The standard InChI is InChI=1S/C30H36BrN3O5Si.C29H35BrN4O5Si/c1-37-29(35)16-25-30(36)21-8-6-5-7-20(21)23(32-25)15-28-33-24-14-27(39-17-19-9-10-19)22(31)13-26(24)34(28)18-38-11-12-40(2,3)4;1-37-28(35)14-23-29(36)20-7-5-6-8-24(20)34(32-23)16-27-31-22-13-21(30)26(39-17-19-9-10-19)15-25(22)33(27)18-38-11-12-40(2,3)4/h5-8,13-14,19,23H,9-12,15-18H2,1-4H3;5-8,13,15,19H,9-12,14,16-18H2,1-4H3. The lowest BCUT2D eigenvalue weighted by Crippen LogP contribution is -2.27. The Labute approximate surface area is 485 Å². The van der Waals surface area contributed by atoms with Gasteiger partial charge in [-0.25, -0.2) is 9.97 Å². The predicted molar refractivity (Wildman–Crippen MR) is 322 cm³/mol. The smallest absolute Gasteiger partial charge is 0.311 e. The van der Waals surface area contributed by atoms with Gasteiger partial charge in [-0.15, -0.1) is 0 Å². The maximum atomic E-state index is 13.1.